The van der Waals surface area contributed by atoms with Crippen molar-refractivity contribution in [2.75, 3.05) is 18.5 Å². The van der Waals surface area contributed by atoms with Crippen LogP contribution in [0.5, 0.6) is 0 Å². The van der Waals surface area contributed by atoms with Crippen LogP contribution in [0, 0.1) is 0 Å². The molecule has 3 atom stereocenters. The second-order valence-electron chi connectivity index (χ2n) is 7.05. The molecule has 0 saturated carbocycles. The van der Waals surface area contributed by atoms with E-state index in [0.717, 1.165) is 6.42 Å². The van der Waals surface area contributed by atoms with E-state index >= 15 is 0 Å². The molecule has 30 heavy (non-hydrogen) atoms. The van der Waals surface area contributed by atoms with Crippen molar-refractivity contribution in [1.29, 1.82) is 0 Å². The van der Waals surface area contributed by atoms with Crippen LogP contribution in [0.2, 0.25) is 5.02 Å². The predicted octanol–water partition coefficient (Wildman–Crippen LogP) is 2.59. The van der Waals surface area contributed by atoms with Gasteiger partial charge >= 0.3 is 6.03 Å². The van der Waals surface area contributed by atoms with Crippen molar-refractivity contribution in [2.24, 2.45) is 0 Å². The number of aliphatic hydroxyl groups is 1. The first-order chi connectivity index (χ1) is 14.5. The fourth-order valence-corrected chi connectivity index (χ4v) is 3.45. The van der Waals surface area contributed by atoms with E-state index < -0.39 is 6.10 Å². The third-order valence-corrected chi connectivity index (χ3v) is 5.16. The summed E-state index contributed by atoms with van der Waals surface area (Å²) >= 11 is 5.83. The lowest BCUT2D eigenvalue weighted by molar-refractivity contribution is -0.0892. The van der Waals surface area contributed by atoms with Gasteiger partial charge in [-0.05, 0) is 55.7 Å². The molecule has 8 nitrogen and oxygen atoms in total. The third kappa shape index (κ3) is 6.41. The SMILES string of the molecule is O=C(NCC[C@@H]1CC[C@@H](NC(=O)c2ccncc2)[C@@H](CO)O1)Nc1ccc(Cl)cc1. The molecule has 0 unspecified atom stereocenters. The first-order valence-corrected chi connectivity index (χ1v) is 10.2. The number of hydrogen-bond acceptors (Lipinski definition) is 5. The van der Waals surface area contributed by atoms with Crippen molar-refractivity contribution in [1.82, 2.24) is 15.6 Å². The number of benzene rings is 1. The maximum absolute atomic E-state index is 12.3. The molecule has 0 spiro atoms. The number of amides is 3. The minimum absolute atomic E-state index is 0.105. The van der Waals surface area contributed by atoms with Crippen LogP contribution >= 0.6 is 11.6 Å². The van der Waals surface area contributed by atoms with Crippen LogP contribution in [-0.4, -0.2) is 53.4 Å². The number of anilines is 1. The molecule has 1 saturated heterocycles. The number of nitrogens with zero attached hydrogens (tertiary/aromatic N) is 1. The highest BCUT2D eigenvalue weighted by Gasteiger charge is 2.31. The lowest BCUT2D eigenvalue weighted by Crippen LogP contribution is -2.51. The molecule has 0 aliphatic carbocycles. The number of carbonyl (C=O) groups excluding carboxylic acids is 2. The Balaban J connectivity index is 1.40. The van der Waals surface area contributed by atoms with Gasteiger partial charge in [0.25, 0.3) is 5.91 Å². The molecule has 1 fully saturated rings. The number of carbonyl (C=O) groups is 2. The Hall–Kier alpha value is -2.68. The number of halogens is 1. The van der Waals surface area contributed by atoms with Gasteiger partial charge in [0.15, 0.2) is 0 Å². The highest BCUT2D eigenvalue weighted by atomic mass is 35.5. The first-order valence-electron chi connectivity index (χ1n) is 9.83. The lowest BCUT2D eigenvalue weighted by Gasteiger charge is -2.36. The quantitative estimate of drug-likeness (QED) is 0.537. The number of nitrogens with one attached hydrogen (secondary N) is 3. The standard InChI is InChI=1S/C21H25ClN4O4/c22-15-1-3-16(4-2-15)25-21(29)24-12-9-17-5-6-18(19(13-27)30-17)26-20(28)14-7-10-23-11-8-14/h1-4,7-8,10-11,17-19,27H,5-6,9,12-13H2,(H,26,28)(H2,24,25,29)/t17-,18+,19+/m0/s1. The van der Waals surface area contributed by atoms with Crippen molar-refractivity contribution in [3.8, 4) is 0 Å². The van der Waals surface area contributed by atoms with Crippen molar-refractivity contribution in [2.45, 2.75) is 37.5 Å². The van der Waals surface area contributed by atoms with Gasteiger partial charge in [-0.1, -0.05) is 11.6 Å². The summed E-state index contributed by atoms with van der Waals surface area (Å²) in [5.41, 5.74) is 1.17. The van der Waals surface area contributed by atoms with Gasteiger partial charge in [0.1, 0.15) is 6.10 Å². The molecule has 2 heterocycles. The molecule has 3 amide bonds. The van der Waals surface area contributed by atoms with Crippen LogP contribution < -0.4 is 16.0 Å². The van der Waals surface area contributed by atoms with Crippen LogP contribution in [0.3, 0.4) is 0 Å². The van der Waals surface area contributed by atoms with Gasteiger partial charge < -0.3 is 25.8 Å². The van der Waals surface area contributed by atoms with Crippen molar-refractivity contribution in [3.05, 3.63) is 59.4 Å². The van der Waals surface area contributed by atoms with Crippen LogP contribution in [-0.2, 0) is 4.74 Å². The summed E-state index contributed by atoms with van der Waals surface area (Å²) in [6, 6.07) is 9.53. The number of hydrogen-bond donors (Lipinski definition) is 4. The highest BCUT2D eigenvalue weighted by Crippen LogP contribution is 2.22. The van der Waals surface area contributed by atoms with Crippen LogP contribution in [0.4, 0.5) is 10.5 Å². The molecule has 0 bridgehead atoms. The summed E-state index contributed by atoms with van der Waals surface area (Å²) in [5, 5.41) is 18.7. The minimum Gasteiger partial charge on any atom is -0.394 e. The number of aliphatic hydroxyl groups excluding tert-OH is 1. The molecule has 4 N–H and O–H groups in total. The molecule has 3 rings (SSSR count). The maximum Gasteiger partial charge on any atom is 0.319 e. The minimum atomic E-state index is -0.488. The van der Waals surface area contributed by atoms with Gasteiger partial charge in [-0.3, -0.25) is 9.78 Å². The molecular formula is C21H25ClN4O4. The van der Waals surface area contributed by atoms with Gasteiger partial charge in [0.2, 0.25) is 0 Å². The normalized spacial score (nSPS) is 20.9. The van der Waals surface area contributed by atoms with E-state index in [1.54, 1.807) is 48.8 Å². The Morgan fingerprint density at radius 3 is 2.57 bits per heavy atom. The second kappa shape index (κ2) is 10.9. The van der Waals surface area contributed by atoms with Gasteiger partial charge in [0.05, 0.1) is 18.8 Å². The number of pyridine rings is 1. The zero-order valence-corrected chi connectivity index (χ0v) is 17.1. The van der Waals surface area contributed by atoms with E-state index in [2.05, 4.69) is 20.9 Å². The Morgan fingerprint density at radius 2 is 1.87 bits per heavy atom. The summed E-state index contributed by atoms with van der Waals surface area (Å²) in [6.45, 7) is 0.235. The van der Waals surface area contributed by atoms with E-state index in [4.69, 9.17) is 16.3 Å². The fourth-order valence-electron chi connectivity index (χ4n) is 3.32. The van der Waals surface area contributed by atoms with E-state index in [1.807, 2.05) is 0 Å². The average Bonchev–Trinajstić information content (AvgIpc) is 2.77. The molecule has 0 radical (unpaired) electrons. The molecule has 160 valence electrons. The summed E-state index contributed by atoms with van der Waals surface area (Å²) in [4.78, 5) is 28.2. The Morgan fingerprint density at radius 1 is 1.13 bits per heavy atom. The van der Waals surface area contributed by atoms with Gasteiger partial charge in [-0.15, -0.1) is 0 Å². The zero-order valence-electron chi connectivity index (χ0n) is 16.4. The molecule has 1 aliphatic heterocycles. The zero-order chi connectivity index (χ0) is 21.3. The molecule has 1 aliphatic rings. The van der Waals surface area contributed by atoms with Crippen molar-refractivity contribution < 1.29 is 19.4 Å². The topological polar surface area (TPSA) is 113 Å². The number of aromatic nitrogens is 1. The Kier molecular flexibility index (Phi) is 8.01. The molecule has 1 aromatic carbocycles. The number of urea groups is 1. The van der Waals surface area contributed by atoms with Crippen molar-refractivity contribution >= 4 is 29.2 Å². The van der Waals surface area contributed by atoms with Crippen LogP contribution in [0.25, 0.3) is 0 Å². The highest BCUT2D eigenvalue weighted by molar-refractivity contribution is 6.30. The van der Waals surface area contributed by atoms with Crippen LogP contribution in [0.1, 0.15) is 29.6 Å². The van der Waals surface area contributed by atoms with Gasteiger partial charge in [-0.2, -0.15) is 0 Å². The largest absolute Gasteiger partial charge is 0.394 e. The number of rotatable bonds is 7. The molecule has 2 aromatic rings. The Labute approximate surface area is 180 Å². The third-order valence-electron chi connectivity index (χ3n) is 4.91. The summed E-state index contributed by atoms with van der Waals surface area (Å²) in [6.07, 6.45) is 4.53. The van der Waals surface area contributed by atoms with Crippen LogP contribution in [0.15, 0.2) is 48.8 Å². The monoisotopic (exact) mass is 432 g/mol. The lowest BCUT2D eigenvalue weighted by atomic mass is 9.97. The molecule has 1 aromatic heterocycles. The van der Waals surface area contributed by atoms with Crippen molar-refractivity contribution in [3.63, 3.8) is 0 Å². The predicted molar refractivity (Wildman–Crippen MR) is 114 cm³/mol. The summed E-state index contributed by atoms with van der Waals surface area (Å²) < 4.78 is 5.93. The maximum atomic E-state index is 12.3. The first kappa shape index (κ1) is 22.0. The molecule has 9 heteroatoms. The average molecular weight is 433 g/mol. The molecular weight excluding hydrogens is 408 g/mol. The fraction of sp³-hybridized carbons (Fsp3) is 0.381. The summed E-state index contributed by atoms with van der Waals surface area (Å²) in [5.74, 6) is -0.219. The second-order valence-corrected chi connectivity index (χ2v) is 7.49. The van der Waals surface area contributed by atoms with E-state index in [1.165, 1.54) is 0 Å². The smallest absolute Gasteiger partial charge is 0.319 e. The van der Waals surface area contributed by atoms with Gasteiger partial charge in [0, 0.05) is 35.2 Å². The Bertz CT molecular complexity index is 835. The summed E-state index contributed by atoms with van der Waals surface area (Å²) in [7, 11) is 0. The van der Waals surface area contributed by atoms with E-state index in [-0.39, 0.29) is 30.7 Å². The number of ether oxygens (including phenoxy) is 1. The van der Waals surface area contributed by atoms with E-state index in [0.29, 0.717) is 35.7 Å². The van der Waals surface area contributed by atoms with Gasteiger partial charge in [-0.25, -0.2) is 4.79 Å². The van der Waals surface area contributed by atoms with E-state index in [9.17, 15) is 14.7 Å².